The van der Waals surface area contributed by atoms with E-state index in [4.69, 9.17) is 8.95 Å². The topological polar surface area (TPSA) is 55.5 Å². The minimum absolute atomic E-state index is 0.107. The zero-order valence-corrected chi connectivity index (χ0v) is 15.0. The van der Waals surface area contributed by atoms with Crippen molar-refractivity contribution in [3.63, 3.8) is 0 Å². The maximum atomic E-state index is 9.69. The van der Waals surface area contributed by atoms with Crippen molar-refractivity contribution in [2.75, 3.05) is 0 Å². The molecule has 5 heteroatoms. The number of hydrogen-bond donors (Lipinski definition) is 1. The van der Waals surface area contributed by atoms with E-state index in [1.165, 1.54) is 0 Å². The second kappa shape index (κ2) is 6.36. The van der Waals surface area contributed by atoms with Gasteiger partial charge in [0.15, 0.2) is 14.1 Å². The summed E-state index contributed by atoms with van der Waals surface area (Å²) in [4.78, 5) is 0. The van der Waals surface area contributed by atoms with Gasteiger partial charge in [0.2, 0.25) is 0 Å². The predicted octanol–water partition coefficient (Wildman–Crippen LogP) is 4.36. The molecule has 2 rings (SSSR count). The monoisotopic (exact) mass is 319 g/mol. The lowest BCUT2D eigenvalue weighted by atomic mass is 10.1. The molecule has 0 unspecified atom stereocenters. The van der Waals surface area contributed by atoms with Gasteiger partial charge in [-0.15, -0.1) is 0 Å². The summed E-state index contributed by atoms with van der Waals surface area (Å²) in [6, 6.07) is 9.74. The maximum absolute atomic E-state index is 9.69. The van der Waals surface area contributed by atoms with Gasteiger partial charge in [0.05, 0.1) is 18.8 Å². The number of hydrogen-bond acceptors (Lipinski definition) is 4. The smallest absolute Gasteiger partial charge is 0.192 e. The Morgan fingerprint density at radius 2 is 1.82 bits per heavy atom. The lowest BCUT2D eigenvalue weighted by Gasteiger charge is -2.35. The van der Waals surface area contributed by atoms with Gasteiger partial charge in [0, 0.05) is 5.56 Å². The van der Waals surface area contributed by atoms with E-state index < -0.39 is 8.32 Å². The Hall–Kier alpha value is -1.43. The highest BCUT2D eigenvalue weighted by Crippen LogP contribution is 2.37. The van der Waals surface area contributed by atoms with Crippen LogP contribution in [0.15, 0.2) is 34.9 Å². The van der Waals surface area contributed by atoms with Crippen molar-refractivity contribution in [1.29, 1.82) is 0 Å². The molecule has 22 heavy (non-hydrogen) atoms. The van der Waals surface area contributed by atoms with Crippen LogP contribution in [-0.4, -0.2) is 18.6 Å². The third-order valence-corrected chi connectivity index (χ3v) is 8.92. The summed E-state index contributed by atoms with van der Waals surface area (Å²) in [5, 5.41) is 13.9. The van der Waals surface area contributed by atoms with E-state index in [1.54, 1.807) is 0 Å². The average Bonchev–Trinajstić information content (AvgIpc) is 2.88. The van der Waals surface area contributed by atoms with Crippen molar-refractivity contribution in [1.82, 2.24) is 5.16 Å². The van der Waals surface area contributed by atoms with Crippen molar-refractivity contribution in [3.8, 4) is 11.3 Å². The summed E-state index contributed by atoms with van der Waals surface area (Å²) in [7, 11) is -1.86. The zero-order valence-electron chi connectivity index (χ0n) is 14.0. The fraction of sp³-hybridized carbons (Fsp3) is 0.471. The molecule has 0 atom stereocenters. The lowest BCUT2D eigenvalue weighted by Crippen LogP contribution is -2.40. The van der Waals surface area contributed by atoms with E-state index in [9.17, 15) is 5.11 Å². The molecular formula is C17H25NO3Si. The van der Waals surface area contributed by atoms with E-state index in [1.807, 2.05) is 30.3 Å². The largest absolute Gasteiger partial charge is 0.409 e. The van der Waals surface area contributed by atoms with E-state index in [0.717, 1.165) is 5.56 Å². The Labute approximate surface area is 133 Å². The van der Waals surface area contributed by atoms with Crippen LogP contribution in [0, 0.1) is 0 Å². The van der Waals surface area contributed by atoms with Crippen LogP contribution in [0.25, 0.3) is 11.3 Å². The normalized spacial score (nSPS) is 12.6. The van der Waals surface area contributed by atoms with Gasteiger partial charge in [0.25, 0.3) is 0 Å². The Morgan fingerprint density at radius 3 is 2.36 bits per heavy atom. The van der Waals surface area contributed by atoms with Gasteiger partial charge >= 0.3 is 0 Å². The highest BCUT2D eigenvalue weighted by molar-refractivity contribution is 6.74. The molecule has 4 nitrogen and oxygen atoms in total. The Kier molecular flexibility index (Phi) is 4.89. The molecule has 1 aromatic heterocycles. The van der Waals surface area contributed by atoms with Crippen LogP contribution in [0.1, 0.15) is 32.1 Å². The number of nitrogens with zero attached hydrogens (tertiary/aromatic N) is 1. The summed E-state index contributed by atoms with van der Waals surface area (Å²) < 4.78 is 11.6. The fourth-order valence-corrected chi connectivity index (χ4v) is 2.83. The molecule has 0 radical (unpaired) electrons. The molecule has 120 valence electrons. The first kappa shape index (κ1) is 16.9. The summed E-state index contributed by atoms with van der Waals surface area (Å²) in [5.41, 5.74) is 2.34. The Balaban J connectivity index is 2.22. The van der Waals surface area contributed by atoms with E-state index in [2.05, 4.69) is 39.0 Å². The number of aliphatic hydroxyl groups is 1. The third kappa shape index (κ3) is 3.48. The van der Waals surface area contributed by atoms with Crippen molar-refractivity contribution < 1.29 is 14.1 Å². The van der Waals surface area contributed by atoms with Gasteiger partial charge in [0.1, 0.15) is 5.69 Å². The summed E-state index contributed by atoms with van der Waals surface area (Å²) >= 11 is 0. The number of aromatic nitrogens is 1. The predicted molar refractivity (Wildman–Crippen MR) is 89.8 cm³/mol. The summed E-state index contributed by atoms with van der Waals surface area (Å²) in [5.74, 6) is 0.617. The maximum Gasteiger partial charge on any atom is 0.192 e. The molecular weight excluding hydrogens is 294 g/mol. The van der Waals surface area contributed by atoms with E-state index >= 15 is 0 Å². The van der Waals surface area contributed by atoms with Crippen molar-refractivity contribution in [2.24, 2.45) is 0 Å². The van der Waals surface area contributed by atoms with Crippen molar-refractivity contribution >= 4 is 8.32 Å². The minimum Gasteiger partial charge on any atom is -0.409 e. The highest BCUT2D eigenvalue weighted by atomic mass is 28.4. The Bertz CT molecular complexity index is 615. The van der Waals surface area contributed by atoms with E-state index in [0.29, 0.717) is 23.6 Å². The molecule has 0 spiro atoms. The van der Waals surface area contributed by atoms with Gasteiger partial charge in [-0.25, -0.2) is 0 Å². The van der Waals surface area contributed by atoms with Gasteiger partial charge in [-0.3, -0.25) is 0 Å². The Morgan fingerprint density at radius 1 is 1.18 bits per heavy atom. The molecule has 0 aliphatic rings. The van der Waals surface area contributed by atoms with Crippen molar-refractivity contribution in [2.45, 2.75) is 52.1 Å². The third-order valence-electron chi connectivity index (χ3n) is 4.45. The highest BCUT2D eigenvalue weighted by Gasteiger charge is 2.37. The van der Waals surface area contributed by atoms with Gasteiger partial charge in [-0.2, -0.15) is 0 Å². The quantitative estimate of drug-likeness (QED) is 0.832. The number of benzene rings is 1. The van der Waals surface area contributed by atoms with Gasteiger partial charge in [-0.05, 0) is 18.1 Å². The molecule has 0 aliphatic carbocycles. The van der Waals surface area contributed by atoms with Crippen LogP contribution in [0.5, 0.6) is 0 Å². The van der Waals surface area contributed by atoms with Crippen LogP contribution in [0.3, 0.4) is 0 Å². The van der Waals surface area contributed by atoms with Crippen LogP contribution in [0.4, 0.5) is 0 Å². The molecule has 0 aliphatic heterocycles. The van der Waals surface area contributed by atoms with Gasteiger partial charge in [-0.1, -0.05) is 56.3 Å². The first-order chi connectivity index (χ1) is 10.3. The zero-order chi connectivity index (χ0) is 16.4. The molecule has 0 saturated carbocycles. The molecule has 1 aromatic carbocycles. The van der Waals surface area contributed by atoms with Crippen LogP contribution < -0.4 is 0 Å². The first-order valence-electron chi connectivity index (χ1n) is 7.54. The number of rotatable bonds is 5. The molecule has 2 aromatic rings. The molecule has 0 amide bonds. The molecule has 0 fully saturated rings. The lowest BCUT2D eigenvalue weighted by molar-refractivity contribution is 0.220. The van der Waals surface area contributed by atoms with Crippen LogP contribution >= 0.6 is 0 Å². The fourth-order valence-electron chi connectivity index (χ4n) is 1.90. The molecule has 1 N–H and O–H groups in total. The second-order valence-electron chi connectivity index (χ2n) is 7.01. The standard InChI is InChI=1S/C17H25NO3Si/c1-17(2,3)22(4,5)20-12-15-14(11-19)16(18-21-15)13-9-7-6-8-10-13/h6-10,19H,11-12H2,1-5H3. The van der Waals surface area contributed by atoms with E-state index in [-0.39, 0.29) is 11.6 Å². The molecule has 0 bridgehead atoms. The van der Waals surface area contributed by atoms with Crippen LogP contribution in [0.2, 0.25) is 18.1 Å². The van der Waals surface area contributed by atoms with Gasteiger partial charge < -0.3 is 14.1 Å². The number of aliphatic hydroxyl groups excluding tert-OH is 1. The van der Waals surface area contributed by atoms with Crippen LogP contribution in [-0.2, 0) is 17.6 Å². The second-order valence-corrected chi connectivity index (χ2v) is 11.8. The first-order valence-corrected chi connectivity index (χ1v) is 10.4. The SMILES string of the molecule is CC(C)(C)[Si](C)(C)OCc1onc(-c2ccccc2)c1CO. The average molecular weight is 319 g/mol. The summed E-state index contributed by atoms with van der Waals surface area (Å²) in [6.45, 7) is 11.2. The summed E-state index contributed by atoms with van der Waals surface area (Å²) in [6.07, 6.45) is 0. The molecule has 1 heterocycles. The molecule has 0 saturated heterocycles. The minimum atomic E-state index is -1.86. The van der Waals surface area contributed by atoms with Crippen molar-refractivity contribution in [3.05, 3.63) is 41.7 Å².